The lowest BCUT2D eigenvalue weighted by atomic mass is 10.0. The van der Waals surface area contributed by atoms with Gasteiger partial charge in [0.25, 0.3) is 0 Å². The summed E-state index contributed by atoms with van der Waals surface area (Å²) in [5.74, 6) is 1.02. The molecule has 2 rings (SSSR count). The molecule has 1 aromatic carbocycles. The number of nitrogens with one attached hydrogen (secondary N) is 1. The lowest BCUT2D eigenvalue weighted by molar-refractivity contribution is 0.685. The van der Waals surface area contributed by atoms with Gasteiger partial charge in [-0.05, 0) is 30.0 Å². The van der Waals surface area contributed by atoms with E-state index in [4.69, 9.17) is 10.5 Å². The van der Waals surface area contributed by atoms with E-state index >= 15 is 0 Å². The topological polar surface area (TPSA) is 85.4 Å². The van der Waals surface area contributed by atoms with E-state index in [9.17, 15) is 0 Å². The Morgan fingerprint density at radius 2 is 1.96 bits per heavy atom. The van der Waals surface area contributed by atoms with Gasteiger partial charge < -0.3 is 5.32 Å². The molecule has 1 aromatic heterocycles. The van der Waals surface area contributed by atoms with Crippen molar-refractivity contribution in [2.24, 2.45) is 5.92 Å². The fourth-order valence-corrected chi connectivity index (χ4v) is 3.85. The Bertz CT molecular complexity index is 725. The Morgan fingerprint density at radius 3 is 2.58 bits per heavy atom. The highest BCUT2D eigenvalue weighted by Gasteiger charge is 2.11. The highest BCUT2D eigenvalue weighted by Crippen LogP contribution is 2.30. The number of hydrogen-bond donors (Lipinski definition) is 1. The SMILES string of the molecule is CC(C)c1ccc(Nc2nnc(SC[C@@H](C#N)CCC#N)s2)cc1. The second kappa shape index (κ2) is 9.27. The first kappa shape index (κ1) is 18.3. The summed E-state index contributed by atoms with van der Waals surface area (Å²) in [6.07, 6.45) is 1.01. The third-order valence-electron chi connectivity index (χ3n) is 3.43. The van der Waals surface area contributed by atoms with Crippen LogP contribution in [0.5, 0.6) is 0 Å². The molecule has 0 aliphatic rings. The molecule has 0 bridgehead atoms. The molecule has 0 spiro atoms. The van der Waals surface area contributed by atoms with Crippen LogP contribution in [0.2, 0.25) is 0 Å². The van der Waals surface area contributed by atoms with Gasteiger partial charge in [-0.25, -0.2) is 0 Å². The van der Waals surface area contributed by atoms with Crippen LogP contribution in [0.3, 0.4) is 0 Å². The number of thioether (sulfide) groups is 1. The molecular weight excluding hydrogens is 338 g/mol. The molecule has 24 heavy (non-hydrogen) atoms. The van der Waals surface area contributed by atoms with Crippen LogP contribution in [0.4, 0.5) is 10.8 Å². The lowest BCUT2D eigenvalue weighted by Crippen LogP contribution is -1.99. The van der Waals surface area contributed by atoms with Gasteiger partial charge in [-0.3, -0.25) is 0 Å². The summed E-state index contributed by atoms with van der Waals surface area (Å²) in [4.78, 5) is 0. The van der Waals surface area contributed by atoms with Gasteiger partial charge in [-0.15, -0.1) is 10.2 Å². The van der Waals surface area contributed by atoms with E-state index < -0.39 is 0 Å². The number of hydrogen-bond acceptors (Lipinski definition) is 7. The molecule has 0 saturated heterocycles. The van der Waals surface area contributed by atoms with Crippen LogP contribution in [-0.2, 0) is 0 Å². The zero-order chi connectivity index (χ0) is 17.4. The second-order valence-electron chi connectivity index (χ2n) is 5.61. The quantitative estimate of drug-likeness (QED) is 0.673. The van der Waals surface area contributed by atoms with Crippen molar-refractivity contribution in [1.29, 1.82) is 10.5 Å². The van der Waals surface area contributed by atoms with Gasteiger partial charge in [0, 0.05) is 17.9 Å². The smallest absolute Gasteiger partial charge is 0.210 e. The van der Waals surface area contributed by atoms with Gasteiger partial charge >= 0.3 is 0 Å². The normalized spacial score (nSPS) is 11.7. The summed E-state index contributed by atoms with van der Waals surface area (Å²) < 4.78 is 0.827. The first-order valence-electron chi connectivity index (χ1n) is 7.72. The molecule has 0 saturated carbocycles. The van der Waals surface area contributed by atoms with Crippen LogP contribution in [0.15, 0.2) is 28.6 Å². The van der Waals surface area contributed by atoms with Crippen molar-refractivity contribution in [3.05, 3.63) is 29.8 Å². The molecule has 2 aromatic rings. The van der Waals surface area contributed by atoms with Crippen LogP contribution in [0.25, 0.3) is 0 Å². The minimum absolute atomic E-state index is 0.126. The Kier molecular flexibility index (Phi) is 7.05. The van der Waals surface area contributed by atoms with Crippen molar-refractivity contribution >= 4 is 33.9 Å². The maximum Gasteiger partial charge on any atom is 0.210 e. The van der Waals surface area contributed by atoms with Crippen LogP contribution >= 0.6 is 23.1 Å². The predicted molar refractivity (Wildman–Crippen MR) is 98.4 cm³/mol. The lowest BCUT2D eigenvalue weighted by Gasteiger charge is -2.06. The van der Waals surface area contributed by atoms with Crippen molar-refractivity contribution < 1.29 is 0 Å². The van der Waals surface area contributed by atoms with Crippen molar-refractivity contribution in [2.45, 2.75) is 36.9 Å². The fraction of sp³-hybridized carbons (Fsp3) is 0.412. The van der Waals surface area contributed by atoms with Crippen molar-refractivity contribution in [1.82, 2.24) is 10.2 Å². The molecule has 0 amide bonds. The van der Waals surface area contributed by atoms with Gasteiger partial charge in [-0.1, -0.05) is 49.1 Å². The average molecular weight is 358 g/mol. The average Bonchev–Trinajstić information content (AvgIpc) is 3.03. The molecule has 1 atom stereocenters. The number of nitrogens with zero attached hydrogens (tertiary/aromatic N) is 4. The monoisotopic (exact) mass is 357 g/mol. The molecule has 0 radical (unpaired) electrons. The summed E-state index contributed by atoms with van der Waals surface area (Å²) in [7, 11) is 0. The first-order chi connectivity index (χ1) is 11.6. The van der Waals surface area contributed by atoms with E-state index in [-0.39, 0.29) is 5.92 Å². The minimum Gasteiger partial charge on any atom is -0.330 e. The van der Waals surface area contributed by atoms with Crippen LogP contribution in [0, 0.1) is 28.6 Å². The molecule has 0 unspecified atom stereocenters. The van der Waals surface area contributed by atoms with Crippen LogP contribution in [-0.4, -0.2) is 16.0 Å². The Balaban J connectivity index is 1.89. The Morgan fingerprint density at radius 1 is 1.21 bits per heavy atom. The van der Waals surface area contributed by atoms with Crippen LogP contribution in [0.1, 0.15) is 38.2 Å². The summed E-state index contributed by atoms with van der Waals surface area (Å²) >= 11 is 2.98. The Labute approximate surface area is 150 Å². The summed E-state index contributed by atoms with van der Waals surface area (Å²) in [5.41, 5.74) is 2.28. The summed E-state index contributed by atoms with van der Waals surface area (Å²) in [6, 6.07) is 12.6. The maximum atomic E-state index is 9.07. The van der Waals surface area contributed by atoms with Gasteiger partial charge in [0.05, 0.1) is 18.1 Å². The van der Waals surface area contributed by atoms with E-state index in [2.05, 4.69) is 53.6 Å². The molecule has 7 heteroatoms. The first-order valence-corrected chi connectivity index (χ1v) is 9.52. The molecule has 0 fully saturated rings. The van der Waals surface area contributed by atoms with Gasteiger partial charge in [0.2, 0.25) is 5.13 Å². The van der Waals surface area contributed by atoms with Crippen molar-refractivity contribution in [3.63, 3.8) is 0 Å². The third kappa shape index (κ3) is 5.52. The van der Waals surface area contributed by atoms with Gasteiger partial charge in [0.15, 0.2) is 4.34 Å². The number of benzene rings is 1. The zero-order valence-electron chi connectivity index (χ0n) is 13.7. The number of aromatic nitrogens is 2. The van der Waals surface area contributed by atoms with Crippen LogP contribution < -0.4 is 5.32 Å². The molecule has 0 aliphatic carbocycles. The highest BCUT2D eigenvalue weighted by molar-refractivity contribution is 8.01. The van der Waals surface area contributed by atoms with E-state index in [1.165, 1.54) is 28.7 Å². The summed E-state index contributed by atoms with van der Waals surface area (Å²) in [5, 5.41) is 29.9. The molecule has 0 aliphatic heterocycles. The predicted octanol–water partition coefficient (Wildman–Crippen LogP) is 4.94. The summed E-state index contributed by atoms with van der Waals surface area (Å²) in [6.45, 7) is 4.34. The molecule has 1 N–H and O–H groups in total. The standard InChI is InChI=1S/C17H19N5S2/c1-12(2)14-5-7-15(8-6-14)20-16-21-22-17(24-16)23-11-13(10-19)4-3-9-18/h5-8,12-13H,3-4,11H2,1-2H3,(H,20,21)/t13-/m1/s1. The van der Waals surface area contributed by atoms with Gasteiger partial charge in [-0.2, -0.15) is 10.5 Å². The molecule has 1 heterocycles. The fourth-order valence-electron chi connectivity index (χ4n) is 1.99. The maximum absolute atomic E-state index is 9.07. The highest BCUT2D eigenvalue weighted by atomic mass is 32.2. The van der Waals surface area contributed by atoms with E-state index in [1.807, 2.05) is 12.1 Å². The Hall–Kier alpha value is -2.09. The van der Waals surface area contributed by atoms with E-state index in [0.29, 0.717) is 24.5 Å². The van der Waals surface area contributed by atoms with Crippen molar-refractivity contribution in [2.75, 3.05) is 11.1 Å². The largest absolute Gasteiger partial charge is 0.330 e. The van der Waals surface area contributed by atoms with Crippen molar-refractivity contribution in [3.8, 4) is 12.1 Å². The third-order valence-corrected chi connectivity index (χ3v) is 5.56. The molecule has 5 nitrogen and oxygen atoms in total. The number of anilines is 2. The zero-order valence-corrected chi connectivity index (χ0v) is 15.3. The number of rotatable bonds is 8. The molecule has 124 valence electrons. The minimum atomic E-state index is -0.126. The second-order valence-corrected chi connectivity index (χ2v) is 7.85. The molecular formula is C17H19N5S2. The number of nitriles is 2. The van der Waals surface area contributed by atoms with E-state index in [0.717, 1.165) is 15.2 Å². The van der Waals surface area contributed by atoms with E-state index in [1.54, 1.807) is 0 Å². The van der Waals surface area contributed by atoms with Gasteiger partial charge in [0.1, 0.15) is 0 Å².